The number of hydrazone groups is 1. The van der Waals surface area contributed by atoms with E-state index >= 15 is 0 Å². The number of amides is 1. The number of halogens is 4. The van der Waals surface area contributed by atoms with Gasteiger partial charge in [-0.25, -0.2) is 13.8 Å². The van der Waals surface area contributed by atoms with Crippen LogP contribution in [0.1, 0.15) is 22.3 Å². The average molecular weight is 524 g/mol. The Kier molecular flexibility index (Phi) is 7.86. The molecule has 3 aromatic carbocycles. The van der Waals surface area contributed by atoms with Crippen molar-refractivity contribution >= 4 is 39.4 Å². The molecule has 0 heterocycles. The minimum atomic E-state index is -4.60. The Morgan fingerprint density at radius 1 is 1.06 bits per heavy atom. The van der Waals surface area contributed by atoms with Crippen LogP contribution < -0.4 is 9.73 Å². The molecule has 0 bridgehead atoms. The molecule has 0 aliphatic rings. The van der Waals surface area contributed by atoms with Crippen molar-refractivity contribution in [3.8, 4) is 0 Å². The van der Waals surface area contributed by atoms with Crippen molar-refractivity contribution in [2.45, 2.75) is 24.9 Å². The van der Waals surface area contributed by atoms with Crippen LogP contribution >= 0.6 is 11.6 Å². The molecule has 0 spiro atoms. The van der Waals surface area contributed by atoms with E-state index in [-0.39, 0.29) is 16.1 Å². The van der Waals surface area contributed by atoms with Crippen LogP contribution in [0.3, 0.4) is 0 Å². The Hall–Kier alpha value is -3.37. The Morgan fingerprint density at radius 3 is 2.34 bits per heavy atom. The summed E-state index contributed by atoms with van der Waals surface area (Å²) >= 11 is 6.18. The molecule has 1 amide bonds. The smallest absolute Gasteiger partial charge is 0.271 e. The molecule has 11 heteroatoms. The molecule has 0 saturated heterocycles. The molecule has 0 aliphatic carbocycles. The van der Waals surface area contributed by atoms with Crippen LogP contribution in [-0.2, 0) is 21.0 Å². The van der Waals surface area contributed by atoms with Gasteiger partial charge in [-0.1, -0.05) is 53.6 Å². The number of aryl methyl sites for hydroxylation is 2. The number of anilines is 1. The maximum Gasteiger partial charge on any atom is 0.417 e. The molecular formula is C24H21ClF3N3O3S. The van der Waals surface area contributed by atoms with Crippen LogP contribution in [0.5, 0.6) is 0 Å². The first-order valence-corrected chi connectivity index (χ1v) is 12.0. The maximum atomic E-state index is 13.4. The summed E-state index contributed by atoms with van der Waals surface area (Å²) in [6.45, 7) is 2.86. The first kappa shape index (κ1) is 26.2. The Bertz CT molecular complexity index is 1360. The molecule has 0 aliphatic heterocycles. The highest BCUT2D eigenvalue weighted by Crippen LogP contribution is 2.31. The third-order valence-electron chi connectivity index (χ3n) is 5.00. The molecule has 0 radical (unpaired) electrons. The first-order chi connectivity index (χ1) is 16.4. The highest BCUT2D eigenvalue weighted by Gasteiger charge is 2.32. The van der Waals surface area contributed by atoms with E-state index in [1.54, 1.807) is 32.0 Å². The average Bonchev–Trinajstić information content (AvgIpc) is 2.79. The lowest BCUT2D eigenvalue weighted by Gasteiger charge is -2.24. The van der Waals surface area contributed by atoms with E-state index in [9.17, 15) is 26.4 Å². The SMILES string of the molecule is Cc1ccc(S(=O)(=O)N(CC(=O)N/N=C\c2ccccc2C(F)(F)F)c2ccc(C)c(Cl)c2)cc1. The minimum Gasteiger partial charge on any atom is -0.271 e. The van der Waals surface area contributed by atoms with Crippen LogP contribution in [0.15, 0.2) is 76.7 Å². The lowest BCUT2D eigenvalue weighted by molar-refractivity contribution is -0.137. The monoisotopic (exact) mass is 523 g/mol. The van der Waals surface area contributed by atoms with Crippen molar-refractivity contribution in [3.63, 3.8) is 0 Å². The van der Waals surface area contributed by atoms with E-state index in [1.807, 2.05) is 0 Å². The second kappa shape index (κ2) is 10.5. The Morgan fingerprint density at radius 2 is 1.71 bits per heavy atom. The quantitative estimate of drug-likeness (QED) is 0.336. The van der Waals surface area contributed by atoms with Crippen LogP contribution in [-0.4, -0.2) is 27.1 Å². The third kappa shape index (κ3) is 6.40. The normalized spacial score (nSPS) is 12.1. The maximum absolute atomic E-state index is 13.4. The zero-order valence-corrected chi connectivity index (χ0v) is 20.2. The molecule has 35 heavy (non-hydrogen) atoms. The third-order valence-corrected chi connectivity index (χ3v) is 7.19. The number of nitrogens with zero attached hydrogens (tertiary/aromatic N) is 2. The van der Waals surface area contributed by atoms with Gasteiger partial charge >= 0.3 is 6.18 Å². The van der Waals surface area contributed by atoms with Gasteiger partial charge in [0.05, 0.1) is 22.4 Å². The number of rotatable bonds is 7. The largest absolute Gasteiger partial charge is 0.417 e. The standard InChI is InChI=1S/C24H21ClF3N3O3S/c1-16-7-11-20(12-8-16)35(33,34)31(19-10-9-17(2)22(25)13-19)15-23(32)30-29-14-18-5-3-4-6-21(18)24(26,27)28/h3-14H,15H2,1-2H3,(H,30,32)/b29-14-. The molecule has 0 unspecified atom stereocenters. The van der Waals surface area contributed by atoms with E-state index in [1.165, 1.54) is 42.5 Å². The number of hydrogen-bond acceptors (Lipinski definition) is 4. The summed E-state index contributed by atoms with van der Waals surface area (Å²) in [6.07, 6.45) is -3.75. The van der Waals surface area contributed by atoms with Gasteiger partial charge in [0.2, 0.25) is 0 Å². The van der Waals surface area contributed by atoms with Crippen molar-refractivity contribution in [2.24, 2.45) is 5.10 Å². The molecule has 3 rings (SSSR count). The van der Waals surface area contributed by atoms with Crippen LogP contribution in [0.25, 0.3) is 0 Å². The van der Waals surface area contributed by atoms with Gasteiger partial charge in [0.1, 0.15) is 6.54 Å². The lowest BCUT2D eigenvalue weighted by atomic mass is 10.1. The summed E-state index contributed by atoms with van der Waals surface area (Å²) in [5, 5.41) is 3.89. The van der Waals surface area contributed by atoms with Crippen molar-refractivity contribution < 1.29 is 26.4 Å². The van der Waals surface area contributed by atoms with E-state index in [2.05, 4.69) is 10.5 Å². The van der Waals surface area contributed by atoms with Gasteiger partial charge in [0.15, 0.2) is 0 Å². The highest BCUT2D eigenvalue weighted by molar-refractivity contribution is 7.92. The van der Waals surface area contributed by atoms with Crippen molar-refractivity contribution in [1.29, 1.82) is 0 Å². The number of sulfonamides is 1. The summed E-state index contributed by atoms with van der Waals surface area (Å²) in [4.78, 5) is 12.6. The minimum absolute atomic E-state index is 0.0461. The van der Waals surface area contributed by atoms with Gasteiger partial charge in [0, 0.05) is 10.6 Å². The number of carbonyl (C=O) groups is 1. The molecule has 1 N–H and O–H groups in total. The number of hydrogen-bond donors (Lipinski definition) is 1. The molecule has 0 fully saturated rings. The summed E-state index contributed by atoms with van der Waals surface area (Å²) < 4.78 is 67.0. The Labute approximate surface area is 206 Å². The molecule has 0 atom stereocenters. The number of nitrogens with one attached hydrogen (secondary N) is 1. The molecule has 0 aromatic heterocycles. The zero-order chi connectivity index (χ0) is 25.8. The van der Waals surface area contributed by atoms with Gasteiger partial charge < -0.3 is 0 Å². The van der Waals surface area contributed by atoms with Crippen molar-refractivity contribution in [3.05, 3.63) is 94.0 Å². The van der Waals surface area contributed by atoms with Crippen molar-refractivity contribution in [1.82, 2.24) is 5.43 Å². The fourth-order valence-electron chi connectivity index (χ4n) is 3.10. The molecule has 3 aromatic rings. The van der Waals surface area contributed by atoms with E-state index < -0.39 is 34.2 Å². The second-order valence-corrected chi connectivity index (χ2v) is 9.91. The number of carbonyl (C=O) groups excluding carboxylic acids is 1. The molecule has 0 saturated carbocycles. The fourth-order valence-corrected chi connectivity index (χ4v) is 4.68. The summed E-state index contributed by atoms with van der Waals surface area (Å²) in [7, 11) is -4.19. The summed E-state index contributed by atoms with van der Waals surface area (Å²) in [6, 6.07) is 15.3. The van der Waals surface area contributed by atoms with Crippen LogP contribution in [0, 0.1) is 13.8 Å². The van der Waals surface area contributed by atoms with E-state index in [4.69, 9.17) is 11.6 Å². The molecule has 184 valence electrons. The number of alkyl halides is 3. The summed E-state index contributed by atoms with van der Waals surface area (Å²) in [5.41, 5.74) is 2.61. The van der Waals surface area contributed by atoms with E-state index in [0.29, 0.717) is 10.6 Å². The molecular weight excluding hydrogens is 503 g/mol. The number of benzene rings is 3. The lowest BCUT2D eigenvalue weighted by Crippen LogP contribution is -2.39. The van der Waals surface area contributed by atoms with Crippen LogP contribution in [0.4, 0.5) is 18.9 Å². The van der Waals surface area contributed by atoms with Gasteiger partial charge in [-0.05, 0) is 49.7 Å². The fraction of sp³-hybridized carbons (Fsp3) is 0.167. The van der Waals surface area contributed by atoms with Gasteiger partial charge in [-0.3, -0.25) is 9.10 Å². The zero-order valence-electron chi connectivity index (χ0n) is 18.7. The first-order valence-electron chi connectivity index (χ1n) is 10.2. The Balaban J connectivity index is 1.88. The topological polar surface area (TPSA) is 78.8 Å². The van der Waals surface area contributed by atoms with Gasteiger partial charge in [-0.2, -0.15) is 18.3 Å². The van der Waals surface area contributed by atoms with Crippen molar-refractivity contribution in [2.75, 3.05) is 10.8 Å². The van der Waals surface area contributed by atoms with E-state index in [0.717, 1.165) is 22.1 Å². The van der Waals surface area contributed by atoms with Gasteiger partial charge in [-0.15, -0.1) is 0 Å². The predicted molar refractivity (Wildman–Crippen MR) is 129 cm³/mol. The molecule has 6 nitrogen and oxygen atoms in total. The second-order valence-electron chi connectivity index (χ2n) is 7.64. The summed E-state index contributed by atoms with van der Waals surface area (Å²) in [5.74, 6) is -0.863. The highest BCUT2D eigenvalue weighted by atomic mass is 35.5. The predicted octanol–water partition coefficient (Wildman–Crippen LogP) is 5.32. The van der Waals surface area contributed by atoms with Gasteiger partial charge in [0.25, 0.3) is 15.9 Å². The van der Waals surface area contributed by atoms with Crippen LogP contribution in [0.2, 0.25) is 5.02 Å².